The number of alkyl halides is 2. The lowest BCUT2D eigenvalue weighted by Gasteiger charge is -2.05. The van der Waals surface area contributed by atoms with Gasteiger partial charge in [-0.05, 0) is 0 Å². The molecule has 1 N–H and O–H groups in total. The molecule has 0 saturated carbocycles. The van der Waals surface area contributed by atoms with Crippen LogP contribution in [0.3, 0.4) is 0 Å². The van der Waals surface area contributed by atoms with Gasteiger partial charge in [0.05, 0.1) is 26.2 Å². The van der Waals surface area contributed by atoms with E-state index in [4.69, 9.17) is 0 Å². The van der Waals surface area contributed by atoms with Gasteiger partial charge in [0.25, 0.3) is 6.43 Å². The minimum Gasteiger partial charge on any atom is -0.382 e. The molecular formula is C8H15F2NO4. The van der Waals surface area contributed by atoms with E-state index in [1.807, 2.05) is 0 Å². The van der Waals surface area contributed by atoms with Gasteiger partial charge in [0.2, 0.25) is 5.91 Å². The average molecular weight is 227 g/mol. The van der Waals surface area contributed by atoms with E-state index in [0.29, 0.717) is 6.61 Å². The van der Waals surface area contributed by atoms with E-state index in [1.165, 1.54) is 7.11 Å². The third kappa shape index (κ3) is 11.1. The van der Waals surface area contributed by atoms with Crippen molar-refractivity contribution in [2.75, 3.05) is 33.5 Å². The number of methoxy groups -OCH3 is 1. The number of carbonyl (C=O) groups excluding carboxylic acids is 1. The fraction of sp³-hybridized carbons (Fsp3) is 0.875. The lowest BCUT2D eigenvalue weighted by Crippen LogP contribution is -2.26. The summed E-state index contributed by atoms with van der Waals surface area (Å²) in [4.78, 5) is 15.6. The van der Waals surface area contributed by atoms with Crippen LogP contribution in [0.15, 0.2) is 0 Å². The van der Waals surface area contributed by atoms with Crippen LogP contribution in [0.5, 0.6) is 0 Å². The molecule has 0 aromatic rings. The molecule has 0 atom stereocenters. The van der Waals surface area contributed by atoms with Crippen molar-refractivity contribution in [2.24, 2.45) is 0 Å². The van der Waals surface area contributed by atoms with E-state index in [0.717, 1.165) is 0 Å². The van der Waals surface area contributed by atoms with E-state index >= 15 is 0 Å². The second kappa shape index (κ2) is 9.75. The van der Waals surface area contributed by atoms with Crippen LogP contribution in [0.25, 0.3) is 0 Å². The van der Waals surface area contributed by atoms with Gasteiger partial charge in [0.1, 0.15) is 6.61 Å². The molecule has 1 amide bonds. The Kier molecular flexibility index (Phi) is 9.24. The van der Waals surface area contributed by atoms with Gasteiger partial charge in [0, 0.05) is 7.11 Å². The van der Waals surface area contributed by atoms with Crippen LogP contribution in [0.4, 0.5) is 8.78 Å². The lowest BCUT2D eigenvalue weighted by atomic mass is 10.4. The molecule has 0 aliphatic carbocycles. The highest BCUT2D eigenvalue weighted by molar-refractivity contribution is 5.74. The second-order valence-electron chi connectivity index (χ2n) is 2.58. The van der Waals surface area contributed by atoms with Crippen molar-refractivity contribution in [3.05, 3.63) is 0 Å². The number of halogens is 2. The topological polar surface area (TPSA) is 56.8 Å². The molecule has 90 valence electrons. The van der Waals surface area contributed by atoms with E-state index in [-0.39, 0.29) is 19.6 Å². The molecule has 0 aromatic carbocycles. The lowest BCUT2D eigenvalue weighted by molar-refractivity contribution is -0.136. The van der Waals surface area contributed by atoms with Crippen LogP contribution in [0, 0.1) is 0 Å². The Hall–Kier alpha value is -0.790. The first-order chi connectivity index (χ1) is 7.16. The minimum absolute atomic E-state index is 0.0142. The Bertz CT molecular complexity index is 169. The standard InChI is InChI=1S/C8H15F2NO4/c1-13-4-5-15-11-8(12)2-3-14-6-7(9)10/h7H,2-6H2,1H3,(H,11,12). The van der Waals surface area contributed by atoms with Gasteiger partial charge in [-0.25, -0.2) is 14.3 Å². The molecule has 5 nitrogen and oxygen atoms in total. The van der Waals surface area contributed by atoms with E-state index in [1.54, 1.807) is 0 Å². The van der Waals surface area contributed by atoms with Crippen molar-refractivity contribution < 1.29 is 27.9 Å². The van der Waals surface area contributed by atoms with Crippen LogP contribution in [0.1, 0.15) is 6.42 Å². The summed E-state index contributed by atoms with van der Waals surface area (Å²) in [6.07, 6.45) is -2.52. The number of hydrogen-bond donors (Lipinski definition) is 1. The monoisotopic (exact) mass is 227 g/mol. The van der Waals surface area contributed by atoms with Gasteiger partial charge in [0.15, 0.2) is 0 Å². The SMILES string of the molecule is COCCONC(=O)CCOCC(F)F. The molecule has 15 heavy (non-hydrogen) atoms. The molecule has 0 fully saturated rings. The molecule has 7 heteroatoms. The number of hydrogen-bond acceptors (Lipinski definition) is 4. The summed E-state index contributed by atoms with van der Waals surface area (Å²) in [5.41, 5.74) is 2.12. The van der Waals surface area contributed by atoms with Gasteiger partial charge in [-0.2, -0.15) is 0 Å². The van der Waals surface area contributed by atoms with Crippen molar-refractivity contribution in [1.29, 1.82) is 0 Å². The van der Waals surface area contributed by atoms with Crippen molar-refractivity contribution in [3.63, 3.8) is 0 Å². The van der Waals surface area contributed by atoms with Gasteiger partial charge >= 0.3 is 0 Å². The van der Waals surface area contributed by atoms with Crippen LogP contribution < -0.4 is 5.48 Å². The van der Waals surface area contributed by atoms with Gasteiger partial charge < -0.3 is 9.47 Å². The van der Waals surface area contributed by atoms with Crippen molar-refractivity contribution >= 4 is 5.91 Å². The van der Waals surface area contributed by atoms with Crippen LogP contribution in [0.2, 0.25) is 0 Å². The van der Waals surface area contributed by atoms with Crippen LogP contribution in [-0.2, 0) is 19.1 Å². The van der Waals surface area contributed by atoms with Gasteiger partial charge in [-0.1, -0.05) is 0 Å². The normalized spacial score (nSPS) is 10.7. The number of rotatable bonds is 9. The molecule has 0 saturated heterocycles. The Morgan fingerprint density at radius 1 is 1.33 bits per heavy atom. The summed E-state index contributed by atoms with van der Waals surface area (Å²) < 4.78 is 32.3. The second-order valence-corrected chi connectivity index (χ2v) is 2.58. The Balaban J connectivity index is 3.19. The fourth-order valence-corrected chi connectivity index (χ4v) is 0.645. The molecular weight excluding hydrogens is 212 g/mol. The Labute approximate surface area is 86.6 Å². The first-order valence-corrected chi connectivity index (χ1v) is 4.42. The molecule has 0 heterocycles. The zero-order valence-corrected chi connectivity index (χ0v) is 8.50. The molecule has 0 aliphatic rings. The number of carbonyl (C=O) groups is 1. The van der Waals surface area contributed by atoms with Crippen LogP contribution >= 0.6 is 0 Å². The van der Waals surface area contributed by atoms with E-state index in [9.17, 15) is 13.6 Å². The minimum atomic E-state index is -2.51. The Morgan fingerprint density at radius 3 is 2.67 bits per heavy atom. The number of amides is 1. The van der Waals surface area contributed by atoms with Crippen molar-refractivity contribution in [3.8, 4) is 0 Å². The summed E-state index contributed by atoms with van der Waals surface area (Å²) in [7, 11) is 1.50. The zero-order chi connectivity index (χ0) is 11.5. The first-order valence-electron chi connectivity index (χ1n) is 4.42. The van der Waals surface area contributed by atoms with E-state index < -0.39 is 18.9 Å². The van der Waals surface area contributed by atoms with Crippen molar-refractivity contribution in [1.82, 2.24) is 5.48 Å². The first kappa shape index (κ1) is 14.2. The van der Waals surface area contributed by atoms with Gasteiger partial charge in [-0.15, -0.1) is 0 Å². The summed E-state index contributed by atoms with van der Waals surface area (Å²) in [6.45, 7) is -0.107. The molecule has 0 aliphatic heterocycles. The Morgan fingerprint density at radius 2 is 2.07 bits per heavy atom. The maximum Gasteiger partial charge on any atom is 0.261 e. The third-order valence-corrected chi connectivity index (χ3v) is 1.29. The van der Waals surface area contributed by atoms with E-state index in [2.05, 4.69) is 19.8 Å². The summed E-state index contributed by atoms with van der Waals surface area (Å²) in [5.74, 6) is -0.416. The molecule has 0 aromatic heterocycles. The highest BCUT2D eigenvalue weighted by atomic mass is 19.3. The highest BCUT2D eigenvalue weighted by Crippen LogP contribution is 1.93. The molecule has 0 rings (SSSR count). The fourth-order valence-electron chi connectivity index (χ4n) is 0.645. The predicted molar refractivity (Wildman–Crippen MR) is 47.4 cm³/mol. The summed E-state index contributed by atoms with van der Waals surface area (Å²) in [5, 5.41) is 0. The summed E-state index contributed by atoms with van der Waals surface area (Å²) in [6, 6.07) is 0. The summed E-state index contributed by atoms with van der Waals surface area (Å²) >= 11 is 0. The molecule has 0 unspecified atom stereocenters. The smallest absolute Gasteiger partial charge is 0.261 e. The van der Waals surface area contributed by atoms with Gasteiger partial charge in [-0.3, -0.25) is 9.63 Å². The number of hydroxylamine groups is 1. The largest absolute Gasteiger partial charge is 0.382 e. The number of ether oxygens (including phenoxy) is 2. The molecule has 0 spiro atoms. The quantitative estimate of drug-likeness (QED) is 0.456. The van der Waals surface area contributed by atoms with Crippen molar-refractivity contribution in [2.45, 2.75) is 12.8 Å². The molecule has 0 bridgehead atoms. The highest BCUT2D eigenvalue weighted by Gasteiger charge is 2.04. The predicted octanol–water partition coefficient (Wildman–Crippen LogP) is 0.352. The third-order valence-electron chi connectivity index (χ3n) is 1.29. The number of nitrogens with one attached hydrogen (secondary N) is 1. The van der Waals surface area contributed by atoms with Crippen LogP contribution in [-0.4, -0.2) is 45.9 Å². The molecule has 0 radical (unpaired) electrons. The maximum atomic E-state index is 11.6. The maximum absolute atomic E-state index is 11.6. The average Bonchev–Trinajstić information content (AvgIpc) is 2.19. The zero-order valence-electron chi connectivity index (χ0n) is 8.50.